The molecule has 0 bridgehead atoms. The summed E-state index contributed by atoms with van der Waals surface area (Å²) in [6.45, 7) is 3.94. The maximum Gasteiger partial charge on any atom is 0.250 e. The first-order chi connectivity index (χ1) is 9.28. The van der Waals surface area contributed by atoms with Gasteiger partial charge in [0.1, 0.15) is 4.21 Å². The van der Waals surface area contributed by atoms with Crippen LogP contribution in [0.5, 0.6) is 0 Å². The normalized spacial score (nSPS) is 27.7. The quantitative estimate of drug-likeness (QED) is 0.823. The molecule has 0 spiro atoms. The van der Waals surface area contributed by atoms with Gasteiger partial charge in [0.25, 0.3) is 10.0 Å². The molecule has 7 heteroatoms. The van der Waals surface area contributed by atoms with Gasteiger partial charge in [0.05, 0.1) is 4.34 Å². The molecule has 3 nitrogen and oxygen atoms in total. The van der Waals surface area contributed by atoms with Gasteiger partial charge < -0.3 is 0 Å². The molecule has 2 rings (SSSR count). The fourth-order valence-corrected chi connectivity index (χ4v) is 6.34. The predicted octanol–water partition coefficient (Wildman–Crippen LogP) is 4.18. The third kappa shape index (κ3) is 3.50. The van der Waals surface area contributed by atoms with Crippen molar-refractivity contribution >= 4 is 44.6 Å². The molecular formula is C13H19Cl2NO2S2. The van der Waals surface area contributed by atoms with Gasteiger partial charge in [-0.1, -0.05) is 31.4 Å². The molecule has 1 aromatic rings. The molecule has 1 fully saturated rings. The summed E-state index contributed by atoms with van der Waals surface area (Å²) < 4.78 is 28.7. The molecule has 1 aliphatic carbocycles. The molecule has 1 N–H and O–H groups in total. The molecule has 0 amide bonds. The molecule has 114 valence electrons. The fraction of sp³-hybridized carbons (Fsp3) is 0.692. The average Bonchev–Trinajstić information content (AvgIpc) is 2.70. The van der Waals surface area contributed by atoms with Crippen LogP contribution in [-0.2, 0) is 10.0 Å². The monoisotopic (exact) mass is 355 g/mol. The average molecular weight is 356 g/mol. The van der Waals surface area contributed by atoms with Crippen molar-refractivity contribution in [3.8, 4) is 0 Å². The highest BCUT2D eigenvalue weighted by Crippen LogP contribution is 2.36. The highest BCUT2D eigenvalue weighted by Gasteiger charge is 2.38. The topological polar surface area (TPSA) is 46.2 Å². The van der Waals surface area contributed by atoms with E-state index in [1.807, 2.05) is 0 Å². The van der Waals surface area contributed by atoms with Crippen molar-refractivity contribution in [3.63, 3.8) is 0 Å². The van der Waals surface area contributed by atoms with Crippen LogP contribution in [0.15, 0.2) is 10.3 Å². The summed E-state index contributed by atoms with van der Waals surface area (Å²) in [7, 11) is -3.56. The number of halogens is 2. The molecule has 1 heterocycles. The Kier molecular flexibility index (Phi) is 5.07. The van der Waals surface area contributed by atoms with Crippen molar-refractivity contribution in [2.75, 3.05) is 5.88 Å². The van der Waals surface area contributed by atoms with Crippen molar-refractivity contribution < 1.29 is 8.42 Å². The summed E-state index contributed by atoms with van der Waals surface area (Å²) in [6.07, 6.45) is 3.71. The van der Waals surface area contributed by atoms with Gasteiger partial charge in [-0.05, 0) is 37.3 Å². The maximum absolute atomic E-state index is 12.5. The number of nitrogens with one attached hydrogen (secondary N) is 1. The van der Waals surface area contributed by atoms with Gasteiger partial charge in [-0.25, -0.2) is 13.1 Å². The van der Waals surface area contributed by atoms with Gasteiger partial charge in [-0.2, -0.15) is 0 Å². The Hall–Kier alpha value is 0.190. The van der Waals surface area contributed by atoms with Crippen LogP contribution >= 0.6 is 34.5 Å². The molecule has 0 saturated heterocycles. The van der Waals surface area contributed by atoms with Crippen LogP contribution in [0.4, 0.5) is 0 Å². The predicted molar refractivity (Wildman–Crippen MR) is 85.5 cm³/mol. The number of thiophene rings is 1. The molecule has 1 saturated carbocycles. The Balaban J connectivity index is 2.26. The third-order valence-electron chi connectivity index (χ3n) is 3.80. The van der Waals surface area contributed by atoms with Gasteiger partial charge >= 0.3 is 0 Å². The summed E-state index contributed by atoms with van der Waals surface area (Å²) in [5, 5.41) is 0. The van der Waals surface area contributed by atoms with Crippen LogP contribution < -0.4 is 4.72 Å². The lowest BCUT2D eigenvalue weighted by Crippen LogP contribution is -2.52. The van der Waals surface area contributed by atoms with Crippen LogP contribution in [0.1, 0.15) is 38.2 Å². The summed E-state index contributed by atoms with van der Waals surface area (Å²) in [4.78, 5) is 0. The molecular weight excluding hydrogens is 337 g/mol. The summed E-state index contributed by atoms with van der Waals surface area (Å²) >= 11 is 13.1. The molecule has 0 aromatic carbocycles. The Morgan fingerprint density at radius 2 is 2.25 bits per heavy atom. The van der Waals surface area contributed by atoms with E-state index in [1.54, 1.807) is 13.0 Å². The molecule has 1 aromatic heterocycles. The second-order valence-electron chi connectivity index (χ2n) is 5.74. The Labute approximate surface area is 134 Å². The number of alkyl halides is 1. The second-order valence-corrected chi connectivity index (χ2v) is 9.57. The number of rotatable bonds is 4. The highest BCUT2D eigenvalue weighted by molar-refractivity contribution is 7.91. The van der Waals surface area contributed by atoms with Gasteiger partial charge in [0, 0.05) is 11.4 Å². The van der Waals surface area contributed by atoms with Crippen LogP contribution in [-0.4, -0.2) is 19.8 Å². The fourth-order valence-electron chi connectivity index (χ4n) is 2.80. The molecule has 2 atom stereocenters. The van der Waals surface area contributed by atoms with Crippen molar-refractivity contribution in [2.45, 2.75) is 49.3 Å². The largest absolute Gasteiger partial charge is 0.250 e. The molecule has 20 heavy (non-hydrogen) atoms. The number of hydrogen-bond donors (Lipinski definition) is 1. The zero-order valence-electron chi connectivity index (χ0n) is 11.6. The van der Waals surface area contributed by atoms with Crippen LogP contribution in [0, 0.1) is 12.8 Å². The van der Waals surface area contributed by atoms with Gasteiger partial charge in [-0.15, -0.1) is 22.9 Å². The van der Waals surface area contributed by atoms with Crippen LogP contribution in [0.25, 0.3) is 0 Å². The van der Waals surface area contributed by atoms with E-state index in [0.717, 1.165) is 42.6 Å². The van der Waals surface area contributed by atoms with E-state index in [4.69, 9.17) is 23.2 Å². The zero-order valence-corrected chi connectivity index (χ0v) is 14.7. The highest BCUT2D eigenvalue weighted by atomic mass is 35.5. The van der Waals surface area contributed by atoms with E-state index in [2.05, 4.69) is 11.6 Å². The number of hydrogen-bond acceptors (Lipinski definition) is 3. The smallest absolute Gasteiger partial charge is 0.206 e. The lowest BCUT2D eigenvalue weighted by Gasteiger charge is -2.38. The van der Waals surface area contributed by atoms with Crippen molar-refractivity contribution in [3.05, 3.63) is 16.0 Å². The maximum atomic E-state index is 12.5. The van der Waals surface area contributed by atoms with Gasteiger partial charge in [-0.3, -0.25) is 0 Å². The van der Waals surface area contributed by atoms with Gasteiger partial charge in [0.15, 0.2) is 0 Å². The summed E-state index contributed by atoms with van der Waals surface area (Å²) in [5.41, 5.74) is 0.261. The summed E-state index contributed by atoms with van der Waals surface area (Å²) in [5.74, 6) is 0.785. The SMILES string of the molecule is Cc1cc(S(=O)(=O)NC2(CCl)CCCC(C)C2)sc1Cl. The third-order valence-corrected chi connectivity index (χ3v) is 7.92. The number of sulfonamides is 1. The Morgan fingerprint density at radius 3 is 2.75 bits per heavy atom. The first kappa shape index (κ1) is 16.6. The van der Waals surface area contributed by atoms with E-state index in [9.17, 15) is 8.42 Å². The van der Waals surface area contributed by atoms with E-state index >= 15 is 0 Å². The minimum atomic E-state index is -3.56. The Bertz CT molecular complexity index is 566. The minimum Gasteiger partial charge on any atom is -0.206 e. The summed E-state index contributed by atoms with van der Waals surface area (Å²) in [6, 6.07) is 1.61. The van der Waals surface area contributed by atoms with Crippen molar-refractivity contribution in [1.82, 2.24) is 4.72 Å². The molecule has 1 aliphatic rings. The first-order valence-electron chi connectivity index (χ1n) is 6.64. The molecule has 0 aliphatic heterocycles. The lowest BCUT2D eigenvalue weighted by molar-refractivity contribution is 0.239. The van der Waals surface area contributed by atoms with Gasteiger partial charge in [0.2, 0.25) is 0 Å². The second kappa shape index (κ2) is 6.13. The molecule has 0 radical (unpaired) electrons. The standard InChI is InChI=1S/C13H19Cl2NO2S2/c1-9-4-3-5-13(7-9,8-14)16-20(17,18)11-6-10(2)12(15)19-11/h6,9,16H,3-5,7-8H2,1-2H3. The van der Waals surface area contributed by atoms with E-state index in [0.29, 0.717) is 16.1 Å². The van der Waals surface area contributed by atoms with E-state index in [1.165, 1.54) is 0 Å². The minimum absolute atomic E-state index is 0.266. The van der Waals surface area contributed by atoms with Crippen LogP contribution in [0.2, 0.25) is 4.34 Å². The number of aryl methyl sites for hydroxylation is 1. The van der Waals surface area contributed by atoms with Crippen molar-refractivity contribution in [1.29, 1.82) is 0 Å². The zero-order chi connectivity index (χ0) is 15.0. The molecule has 2 unspecified atom stereocenters. The Morgan fingerprint density at radius 1 is 1.55 bits per heavy atom. The van der Waals surface area contributed by atoms with Crippen molar-refractivity contribution in [2.24, 2.45) is 5.92 Å². The first-order valence-corrected chi connectivity index (χ1v) is 9.85. The van der Waals surface area contributed by atoms with E-state index in [-0.39, 0.29) is 4.21 Å². The van der Waals surface area contributed by atoms with Crippen LogP contribution in [0.3, 0.4) is 0 Å². The lowest BCUT2D eigenvalue weighted by atomic mass is 9.78. The van der Waals surface area contributed by atoms with E-state index < -0.39 is 15.6 Å².